The zero-order valence-electron chi connectivity index (χ0n) is 12.5. The molecule has 0 saturated carbocycles. The molecule has 112 valence electrons. The summed E-state index contributed by atoms with van der Waals surface area (Å²) in [6, 6.07) is 4.38. The first-order valence-corrected chi connectivity index (χ1v) is 7.70. The molecule has 0 radical (unpaired) electrons. The number of fused-ring (bicyclic) bond motifs is 1. The first-order valence-electron chi connectivity index (χ1n) is 7.70. The highest BCUT2D eigenvalue weighted by molar-refractivity contribution is 5.38. The molecule has 0 aliphatic carbocycles. The van der Waals surface area contributed by atoms with Gasteiger partial charge in [0.2, 0.25) is 0 Å². The molecule has 0 aromatic heterocycles. The van der Waals surface area contributed by atoms with Crippen LogP contribution in [0, 0.1) is 5.82 Å². The van der Waals surface area contributed by atoms with Crippen molar-refractivity contribution in [3.63, 3.8) is 0 Å². The minimum Gasteiger partial charge on any atom is -0.487 e. The van der Waals surface area contributed by atoms with Crippen LogP contribution in [-0.2, 0) is 0 Å². The highest BCUT2D eigenvalue weighted by Gasteiger charge is 2.36. The van der Waals surface area contributed by atoms with E-state index in [0.717, 1.165) is 12.8 Å². The van der Waals surface area contributed by atoms with Gasteiger partial charge in [-0.05, 0) is 31.9 Å². The average molecular weight is 280 g/mol. The third kappa shape index (κ3) is 3.72. The van der Waals surface area contributed by atoms with Gasteiger partial charge in [-0.3, -0.25) is 0 Å². The summed E-state index contributed by atoms with van der Waals surface area (Å²) in [6.45, 7) is 4.22. The van der Waals surface area contributed by atoms with E-state index >= 15 is 0 Å². The lowest BCUT2D eigenvalue weighted by molar-refractivity contribution is -0.00877. The van der Waals surface area contributed by atoms with Crippen molar-refractivity contribution in [1.82, 2.24) is 0 Å². The maximum atomic E-state index is 13.3. The Kier molecular flexibility index (Phi) is 5.03. The monoisotopic (exact) mass is 280 g/mol. The topological polar surface area (TPSA) is 29.5 Å². The Morgan fingerprint density at radius 1 is 1.30 bits per heavy atom. The molecule has 1 aromatic rings. The highest BCUT2D eigenvalue weighted by Crippen LogP contribution is 2.41. The van der Waals surface area contributed by atoms with E-state index in [1.165, 1.54) is 37.8 Å². The van der Waals surface area contributed by atoms with Crippen LogP contribution < -0.4 is 4.74 Å². The molecule has 3 heteroatoms. The van der Waals surface area contributed by atoms with Crippen LogP contribution in [0.5, 0.6) is 5.75 Å². The van der Waals surface area contributed by atoms with Crippen LogP contribution in [0.15, 0.2) is 18.2 Å². The summed E-state index contributed by atoms with van der Waals surface area (Å²) in [4.78, 5) is 0. The van der Waals surface area contributed by atoms with Crippen molar-refractivity contribution in [3.05, 3.63) is 29.6 Å². The van der Waals surface area contributed by atoms with E-state index in [-0.39, 0.29) is 11.4 Å². The van der Waals surface area contributed by atoms with E-state index in [4.69, 9.17) is 4.74 Å². The molecule has 2 nitrogen and oxygen atoms in total. The van der Waals surface area contributed by atoms with Gasteiger partial charge in [0, 0.05) is 18.1 Å². The van der Waals surface area contributed by atoms with Crippen LogP contribution in [0.4, 0.5) is 4.39 Å². The smallest absolute Gasteiger partial charge is 0.128 e. The Balaban J connectivity index is 1.97. The third-order valence-electron chi connectivity index (χ3n) is 4.13. The number of aliphatic hydroxyl groups excluding tert-OH is 1. The number of unbranched alkanes of at least 4 members (excludes halogenated alkanes) is 4. The van der Waals surface area contributed by atoms with Crippen LogP contribution in [0.25, 0.3) is 0 Å². The summed E-state index contributed by atoms with van der Waals surface area (Å²) in [7, 11) is 0. The number of halogens is 1. The van der Waals surface area contributed by atoms with Gasteiger partial charge < -0.3 is 9.84 Å². The standard InChI is InChI=1S/C17H25FO2/c1-3-4-5-6-7-10-17(2)12-15(19)14-9-8-13(18)11-16(14)20-17/h8-9,11,15,19H,3-7,10,12H2,1-2H3/t15-,17?/m0/s1. The van der Waals surface area contributed by atoms with Crippen molar-refractivity contribution in [1.29, 1.82) is 0 Å². The Hall–Kier alpha value is -1.09. The van der Waals surface area contributed by atoms with Crippen molar-refractivity contribution >= 4 is 0 Å². The number of rotatable bonds is 6. The molecule has 1 aromatic carbocycles. The quantitative estimate of drug-likeness (QED) is 0.761. The fourth-order valence-electron chi connectivity index (χ4n) is 2.95. The lowest BCUT2D eigenvalue weighted by atomic mass is 9.86. The number of ether oxygens (including phenoxy) is 1. The summed E-state index contributed by atoms with van der Waals surface area (Å²) >= 11 is 0. The zero-order chi connectivity index (χ0) is 14.6. The molecule has 1 aliphatic rings. The molecular formula is C17H25FO2. The Bertz CT molecular complexity index is 447. The lowest BCUT2D eigenvalue weighted by Crippen LogP contribution is -2.38. The Morgan fingerprint density at radius 3 is 2.80 bits per heavy atom. The lowest BCUT2D eigenvalue weighted by Gasteiger charge is -2.38. The van der Waals surface area contributed by atoms with Gasteiger partial charge in [0.15, 0.2) is 0 Å². The van der Waals surface area contributed by atoms with E-state index in [1.54, 1.807) is 6.07 Å². The van der Waals surface area contributed by atoms with Crippen LogP contribution >= 0.6 is 0 Å². The highest BCUT2D eigenvalue weighted by atomic mass is 19.1. The third-order valence-corrected chi connectivity index (χ3v) is 4.13. The molecule has 2 atom stereocenters. The molecule has 0 fully saturated rings. The van der Waals surface area contributed by atoms with Gasteiger partial charge in [-0.15, -0.1) is 0 Å². The van der Waals surface area contributed by atoms with Crippen LogP contribution in [0.3, 0.4) is 0 Å². The van der Waals surface area contributed by atoms with E-state index < -0.39 is 6.10 Å². The van der Waals surface area contributed by atoms with Gasteiger partial charge in [-0.25, -0.2) is 4.39 Å². The number of benzene rings is 1. The molecule has 20 heavy (non-hydrogen) atoms. The SMILES string of the molecule is CCCCCCCC1(C)C[C@H](O)c2ccc(F)cc2O1. The molecule has 0 amide bonds. The van der Waals surface area contributed by atoms with Crippen molar-refractivity contribution in [2.45, 2.75) is 70.5 Å². The summed E-state index contributed by atoms with van der Waals surface area (Å²) in [5, 5.41) is 10.2. The van der Waals surface area contributed by atoms with Crippen LogP contribution in [-0.4, -0.2) is 10.7 Å². The van der Waals surface area contributed by atoms with Crippen molar-refractivity contribution < 1.29 is 14.2 Å². The molecule has 1 aliphatic heterocycles. The summed E-state index contributed by atoms with van der Waals surface area (Å²) < 4.78 is 19.3. The Morgan fingerprint density at radius 2 is 2.05 bits per heavy atom. The largest absolute Gasteiger partial charge is 0.487 e. The normalized spacial score (nSPS) is 25.1. The van der Waals surface area contributed by atoms with E-state index in [2.05, 4.69) is 6.92 Å². The van der Waals surface area contributed by atoms with E-state index in [0.29, 0.717) is 17.7 Å². The van der Waals surface area contributed by atoms with Gasteiger partial charge >= 0.3 is 0 Å². The summed E-state index contributed by atoms with van der Waals surface area (Å²) in [6.07, 6.45) is 6.98. The zero-order valence-corrected chi connectivity index (χ0v) is 12.5. The molecule has 0 bridgehead atoms. The van der Waals surface area contributed by atoms with Crippen molar-refractivity contribution in [2.75, 3.05) is 0 Å². The predicted molar refractivity (Wildman–Crippen MR) is 78.4 cm³/mol. The van der Waals surface area contributed by atoms with Gasteiger partial charge in [0.1, 0.15) is 17.2 Å². The van der Waals surface area contributed by atoms with Gasteiger partial charge in [-0.1, -0.05) is 32.6 Å². The fraction of sp³-hybridized carbons (Fsp3) is 0.647. The van der Waals surface area contributed by atoms with Crippen LogP contribution in [0.1, 0.15) is 70.5 Å². The molecule has 1 heterocycles. The van der Waals surface area contributed by atoms with Crippen molar-refractivity contribution in [3.8, 4) is 5.75 Å². The van der Waals surface area contributed by atoms with E-state index in [9.17, 15) is 9.50 Å². The maximum absolute atomic E-state index is 13.3. The first kappa shape index (κ1) is 15.3. The maximum Gasteiger partial charge on any atom is 0.128 e. The molecule has 1 unspecified atom stereocenters. The minimum atomic E-state index is -0.556. The molecule has 1 N–H and O–H groups in total. The second-order valence-corrected chi connectivity index (χ2v) is 6.12. The molecular weight excluding hydrogens is 255 g/mol. The van der Waals surface area contributed by atoms with Gasteiger partial charge in [0.25, 0.3) is 0 Å². The minimum absolute atomic E-state index is 0.317. The van der Waals surface area contributed by atoms with Gasteiger partial charge in [-0.2, -0.15) is 0 Å². The fourth-order valence-corrected chi connectivity index (χ4v) is 2.95. The first-order chi connectivity index (χ1) is 9.54. The number of hydrogen-bond donors (Lipinski definition) is 1. The number of aliphatic hydroxyl groups is 1. The second-order valence-electron chi connectivity index (χ2n) is 6.12. The molecule has 2 rings (SSSR count). The van der Waals surface area contributed by atoms with Crippen LogP contribution in [0.2, 0.25) is 0 Å². The summed E-state index contributed by atoms with van der Waals surface area (Å²) in [5.74, 6) is 0.183. The average Bonchev–Trinajstić information content (AvgIpc) is 2.37. The van der Waals surface area contributed by atoms with Crippen molar-refractivity contribution in [2.24, 2.45) is 0 Å². The molecule has 0 spiro atoms. The van der Waals surface area contributed by atoms with Gasteiger partial charge in [0.05, 0.1) is 6.10 Å². The second kappa shape index (κ2) is 6.57. The predicted octanol–water partition coefficient (Wildman–Crippen LogP) is 4.76. The van der Waals surface area contributed by atoms with E-state index in [1.807, 2.05) is 6.92 Å². The number of hydrogen-bond acceptors (Lipinski definition) is 2. The summed E-state index contributed by atoms with van der Waals surface area (Å²) in [5.41, 5.74) is 0.321. The molecule has 0 saturated heterocycles. The Labute approximate surface area is 121 Å².